The average Bonchev–Trinajstić information content (AvgIpc) is 2.62. The second-order valence-electron chi connectivity index (χ2n) is 5.96. The second kappa shape index (κ2) is 8.50. The van der Waals surface area contributed by atoms with Gasteiger partial charge in [0.2, 0.25) is 5.91 Å². The largest absolute Gasteiger partial charge is 0.497 e. The Kier molecular flexibility index (Phi) is 6.38. The third-order valence-corrected chi connectivity index (χ3v) is 4.28. The van der Waals surface area contributed by atoms with Crippen molar-refractivity contribution in [3.8, 4) is 5.75 Å². The molecule has 4 heteroatoms. The maximum atomic E-state index is 12.5. The SMILES string of the molecule is COc1ccc(C(CO)N(C)C(=O)CCc2ccc(C)cc2)cc1. The molecule has 1 atom stereocenters. The fraction of sp³-hybridized carbons (Fsp3) is 0.350. The van der Waals surface area contributed by atoms with Gasteiger partial charge in [-0.25, -0.2) is 0 Å². The van der Waals surface area contributed by atoms with Gasteiger partial charge in [-0.05, 0) is 36.6 Å². The Morgan fingerprint density at radius 3 is 2.29 bits per heavy atom. The molecule has 0 radical (unpaired) electrons. The number of benzene rings is 2. The van der Waals surface area contributed by atoms with Gasteiger partial charge in [-0.1, -0.05) is 42.0 Å². The fourth-order valence-electron chi connectivity index (χ4n) is 2.63. The van der Waals surface area contributed by atoms with Crippen molar-refractivity contribution in [2.45, 2.75) is 25.8 Å². The lowest BCUT2D eigenvalue weighted by atomic mass is 10.0. The second-order valence-corrected chi connectivity index (χ2v) is 5.96. The summed E-state index contributed by atoms with van der Waals surface area (Å²) in [6.07, 6.45) is 1.12. The minimum atomic E-state index is -0.346. The van der Waals surface area contributed by atoms with E-state index in [-0.39, 0.29) is 18.6 Å². The number of hydrogen-bond donors (Lipinski definition) is 1. The molecule has 24 heavy (non-hydrogen) atoms. The normalized spacial score (nSPS) is 11.8. The molecule has 0 bridgehead atoms. The summed E-state index contributed by atoms with van der Waals surface area (Å²) in [7, 11) is 3.35. The monoisotopic (exact) mass is 327 g/mol. The van der Waals surface area contributed by atoms with Crippen molar-refractivity contribution in [2.75, 3.05) is 20.8 Å². The number of carbonyl (C=O) groups excluding carboxylic acids is 1. The van der Waals surface area contributed by atoms with Gasteiger partial charge >= 0.3 is 0 Å². The average molecular weight is 327 g/mol. The molecule has 0 saturated carbocycles. The van der Waals surface area contributed by atoms with Crippen LogP contribution >= 0.6 is 0 Å². The van der Waals surface area contributed by atoms with Gasteiger partial charge in [-0.15, -0.1) is 0 Å². The Hall–Kier alpha value is -2.33. The number of nitrogens with zero attached hydrogens (tertiary/aromatic N) is 1. The van der Waals surface area contributed by atoms with Crippen molar-refractivity contribution in [3.63, 3.8) is 0 Å². The van der Waals surface area contributed by atoms with E-state index in [4.69, 9.17) is 4.74 Å². The van der Waals surface area contributed by atoms with Gasteiger partial charge in [0.25, 0.3) is 0 Å². The van der Waals surface area contributed by atoms with Crippen LogP contribution in [0, 0.1) is 6.92 Å². The molecule has 0 aliphatic heterocycles. The van der Waals surface area contributed by atoms with Crippen LogP contribution in [0.15, 0.2) is 48.5 Å². The number of hydrogen-bond acceptors (Lipinski definition) is 3. The number of aryl methyl sites for hydroxylation is 2. The van der Waals surface area contributed by atoms with Crippen molar-refractivity contribution in [2.24, 2.45) is 0 Å². The lowest BCUT2D eigenvalue weighted by Crippen LogP contribution is -2.33. The van der Waals surface area contributed by atoms with Gasteiger partial charge in [0.05, 0.1) is 19.8 Å². The quantitative estimate of drug-likeness (QED) is 0.850. The van der Waals surface area contributed by atoms with Crippen LogP contribution in [0.3, 0.4) is 0 Å². The first-order chi connectivity index (χ1) is 11.5. The highest BCUT2D eigenvalue weighted by atomic mass is 16.5. The van der Waals surface area contributed by atoms with E-state index < -0.39 is 0 Å². The van der Waals surface area contributed by atoms with Gasteiger partial charge < -0.3 is 14.7 Å². The Balaban J connectivity index is 1.99. The van der Waals surface area contributed by atoms with Gasteiger partial charge in [-0.3, -0.25) is 4.79 Å². The molecule has 2 rings (SSSR count). The lowest BCUT2D eigenvalue weighted by molar-refractivity contribution is -0.132. The Labute approximate surface area is 143 Å². The van der Waals surface area contributed by atoms with E-state index >= 15 is 0 Å². The summed E-state index contributed by atoms with van der Waals surface area (Å²) in [5.74, 6) is 0.772. The number of carbonyl (C=O) groups is 1. The zero-order chi connectivity index (χ0) is 17.5. The molecule has 0 aliphatic rings. The highest BCUT2D eigenvalue weighted by Gasteiger charge is 2.20. The lowest BCUT2D eigenvalue weighted by Gasteiger charge is -2.27. The number of methoxy groups -OCH3 is 1. The smallest absolute Gasteiger partial charge is 0.223 e. The zero-order valence-corrected chi connectivity index (χ0v) is 14.5. The van der Waals surface area contributed by atoms with Gasteiger partial charge in [0, 0.05) is 13.5 Å². The number of likely N-dealkylation sites (N-methyl/N-ethyl adjacent to an activating group) is 1. The Morgan fingerprint density at radius 2 is 1.75 bits per heavy atom. The predicted octanol–water partition coefficient (Wildman–Crippen LogP) is 3.13. The van der Waals surface area contributed by atoms with E-state index in [9.17, 15) is 9.90 Å². The van der Waals surface area contributed by atoms with Crippen LogP contribution in [0.5, 0.6) is 5.75 Å². The molecule has 1 N–H and O–H groups in total. The molecule has 0 fully saturated rings. The topological polar surface area (TPSA) is 49.8 Å². The van der Waals surface area contributed by atoms with E-state index in [2.05, 4.69) is 24.3 Å². The van der Waals surface area contributed by atoms with Crippen molar-refractivity contribution >= 4 is 5.91 Å². The molecule has 0 aromatic heterocycles. The minimum absolute atomic E-state index is 0.0189. The summed E-state index contributed by atoms with van der Waals surface area (Å²) in [4.78, 5) is 14.1. The first-order valence-electron chi connectivity index (χ1n) is 8.11. The Bertz CT molecular complexity index is 650. The summed E-state index contributed by atoms with van der Waals surface area (Å²) in [6.45, 7) is 1.93. The van der Waals surface area contributed by atoms with Crippen molar-refractivity contribution in [1.82, 2.24) is 4.90 Å². The van der Waals surface area contributed by atoms with Crippen LogP contribution in [-0.4, -0.2) is 36.7 Å². The van der Waals surface area contributed by atoms with Crippen LogP contribution < -0.4 is 4.74 Å². The number of aliphatic hydroxyl groups is 1. The molecular weight excluding hydrogens is 302 g/mol. The summed E-state index contributed by atoms with van der Waals surface area (Å²) >= 11 is 0. The first kappa shape index (κ1) is 18.0. The van der Waals surface area contributed by atoms with E-state index in [1.807, 2.05) is 31.2 Å². The Morgan fingerprint density at radius 1 is 1.12 bits per heavy atom. The van der Waals surface area contributed by atoms with Crippen molar-refractivity contribution in [1.29, 1.82) is 0 Å². The number of rotatable bonds is 7. The number of ether oxygens (including phenoxy) is 1. The molecule has 0 saturated heterocycles. The molecule has 2 aromatic carbocycles. The van der Waals surface area contributed by atoms with E-state index in [0.717, 1.165) is 16.9 Å². The van der Waals surface area contributed by atoms with Crippen LogP contribution in [-0.2, 0) is 11.2 Å². The molecule has 1 amide bonds. The maximum absolute atomic E-state index is 12.5. The van der Waals surface area contributed by atoms with Gasteiger partial charge in [0.1, 0.15) is 5.75 Å². The third-order valence-electron chi connectivity index (χ3n) is 4.28. The summed E-state index contributed by atoms with van der Waals surface area (Å²) in [6, 6.07) is 15.3. The summed E-state index contributed by atoms with van der Waals surface area (Å²) in [5, 5.41) is 9.72. The highest BCUT2D eigenvalue weighted by molar-refractivity contribution is 5.76. The predicted molar refractivity (Wildman–Crippen MR) is 95.1 cm³/mol. The fourth-order valence-corrected chi connectivity index (χ4v) is 2.63. The summed E-state index contributed by atoms with van der Waals surface area (Å²) in [5.41, 5.74) is 3.25. The molecule has 2 aromatic rings. The van der Waals surface area contributed by atoms with Gasteiger partial charge in [0.15, 0.2) is 0 Å². The molecule has 4 nitrogen and oxygen atoms in total. The van der Waals surface area contributed by atoms with Crippen LogP contribution in [0.2, 0.25) is 0 Å². The zero-order valence-electron chi connectivity index (χ0n) is 14.5. The molecule has 0 heterocycles. The maximum Gasteiger partial charge on any atom is 0.223 e. The molecule has 128 valence electrons. The molecule has 0 spiro atoms. The first-order valence-corrected chi connectivity index (χ1v) is 8.11. The summed E-state index contributed by atoms with van der Waals surface area (Å²) < 4.78 is 5.14. The van der Waals surface area contributed by atoms with Crippen LogP contribution in [0.4, 0.5) is 0 Å². The van der Waals surface area contributed by atoms with Crippen LogP contribution in [0.25, 0.3) is 0 Å². The number of amides is 1. The van der Waals surface area contributed by atoms with Crippen LogP contribution in [0.1, 0.15) is 29.2 Å². The van der Waals surface area contributed by atoms with Crippen molar-refractivity contribution < 1.29 is 14.6 Å². The van der Waals surface area contributed by atoms with E-state index in [1.54, 1.807) is 19.1 Å². The van der Waals surface area contributed by atoms with Gasteiger partial charge in [-0.2, -0.15) is 0 Å². The van der Waals surface area contributed by atoms with Crippen molar-refractivity contribution in [3.05, 3.63) is 65.2 Å². The third kappa shape index (κ3) is 4.59. The minimum Gasteiger partial charge on any atom is -0.497 e. The molecular formula is C20H25NO3. The highest BCUT2D eigenvalue weighted by Crippen LogP contribution is 2.22. The number of aliphatic hydroxyl groups excluding tert-OH is 1. The molecule has 0 aliphatic carbocycles. The van der Waals surface area contributed by atoms with E-state index in [1.165, 1.54) is 5.56 Å². The van der Waals surface area contributed by atoms with E-state index in [0.29, 0.717) is 12.8 Å². The standard InChI is InChI=1S/C20H25NO3/c1-15-4-6-16(7-5-15)8-13-20(23)21(2)19(14-22)17-9-11-18(24-3)12-10-17/h4-7,9-12,19,22H,8,13-14H2,1-3H3. The molecule has 1 unspecified atom stereocenters.